The average Bonchev–Trinajstić information content (AvgIpc) is 2.76. The van der Waals surface area contributed by atoms with Gasteiger partial charge in [-0.25, -0.2) is 0 Å². The molecule has 1 aliphatic rings. The van der Waals surface area contributed by atoms with Gasteiger partial charge in [-0.1, -0.05) is 0 Å². The van der Waals surface area contributed by atoms with Crippen LogP contribution in [0.5, 0.6) is 0 Å². The SMILES string of the molecule is CC(=O)OC[C@@H](OC(C)=O)[C@@H](OC(C)=O)[C@H](OC(C)=O)[C@H](OC(C)=O)[C@@H]1CCC[C@@H](OC(C)=O)[C@H]1[N+](=O)[O-]. The fourth-order valence-corrected chi connectivity index (χ4v) is 4.42. The maximum absolute atomic E-state index is 12.2. The summed E-state index contributed by atoms with van der Waals surface area (Å²) in [6.07, 6.45) is -7.38. The molecule has 7 atom stereocenters. The van der Waals surface area contributed by atoms with Gasteiger partial charge >= 0.3 is 35.8 Å². The van der Waals surface area contributed by atoms with Crippen molar-refractivity contribution >= 4 is 35.8 Å². The fourth-order valence-electron chi connectivity index (χ4n) is 4.42. The second-order valence-electron chi connectivity index (χ2n) is 8.69. The fraction of sp³-hybridized carbons (Fsp3) is 0.739. The summed E-state index contributed by atoms with van der Waals surface area (Å²) in [6, 6.07) is -1.60. The molecular weight excluding hydrogens is 514 g/mol. The predicted molar refractivity (Wildman–Crippen MR) is 123 cm³/mol. The number of nitrogens with zero attached hydrogens (tertiary/aromatic N) is 1. The Kier molecular flexibility index (Phi) is 12.6. The largest absolute Gasteiger partial charge is 0.462 e. The third-order valence-electron chi connectivity index (χ3n) is 5.52. The lowest BCUT2D eigenvalue weighted by atomic mass is 9.76. The summed E-state index contributed by atoms with van der Waals surface area (Å²) in [5, 5.41) is 12.1. The number of hydrogen-bond acceptors (Lipinski definition) is 14. The molecule has 0 amide bonds. The maximum Gasteiger partial charge on any atom is 0.303 e. The Labute approximate surface area is 218 Å². The Bertz CT molecular complexity index is 918. The highest BCUT2D eigenvalue weighted by Gasteiger charge is 2.55. The molecule has 0 aromatic rings. The highest BCUT2D eigenvalue weighted by atomic mass is 16.7. The first-order valence-electron chi connectivity index (χ1n) is 11.8. The van der Waals surface area contributed by atoms with E-state index in [1.165, 1.54) is 0 Å². The van der Waals surface area contributed by atoms with Gasteiger partial charge in [-0.2, -0.15) is 0 Å². The van der Waals surface area contributed by atoms with Crippen LogP contribution in [0.25, 0.3) is 0 Å². The van der Waals surface area contributed by atoms with Gasteiger partial charge in [0.05, 0.1) is 5.92 Å². The Hall–Kier alpha value is -3.78. The lowest BCUT2D eigenvalue weighted by Crippen LogP contribution is -2.59. The van der Waals surface area contributed by atoms with Crippen molar-refractivity contribution in [1.29, 1.82) is 0 Å². The zero-order valence-corrected chi connectivity index (χ0v) is 22.0. The predicted octanol–water partition coefficient (Wildman–Crippen LogP) is 0.653. The summed E-state index contributed by atoms with van der Waals surface area (Å²) in [6.45, 7) is 5.50. The zero-order valence-electron chi connectivity index (χ0n) is 22.0. The molecule has 0 saturated heterocycles. The standard InChI is InChI=1S/C23H33NO14/c1-11(25)33-10-19(35-13(3)27)22(37-15(5)29)23(38-16(6)30)21(36-14(4)28)17-8-7-9-18(34-12(2)26)20(17)24(31)32/h17-23H,7-10H2,1-6H3/t17-,18-,19-,20+,21-,22-,23-/m1/s1. The van der Waals surface area contributed by atoms with Crippen LogP contribution in [0.4, 0.5) is 0 Å². The number of rotatable bonds is 12. The normalized spacial score (nSPS) is 21.9. The van der Waals surface area contributed by atoms with Gasteiger partial charge in [0, 0.05) is 46.5 Å². The molecule has 0 aromatic heterocycles. The summed E-state index contributed by atoms with van der Waals surface area (Å²) in [4.78, 5) is 82.7. The van der Waals surface area contributed by atoms with Crippen molar-refractivity contribution in [1.82, 2.24) is 0 Å². The molecule has 0 heterocycles. The first kappa shape index (κ1) is 32.2. The Morgan fingerprint density at radius 3 is 1.71 bits per heavy atom. The van der Waals surface area contributed by atoms with Gasteiger partial charge in [0.1, 0.15) is 6.61 Å². The van der Waals surface area contributed by atoms with E-state index in [2.05, 4.69) is 0 Å². The zero-order chi connectivity index (χ0) is 29.2. The monoisotopic (exact) mass is 547 g/mol. The van der Waals surface area contributed by atoms with E-state index in [-0.39, 0.29) is 12.8 Å². The third kappa shape index (κ3) is 10.3. The topological polar surface area (TPSA) is 201 Å². The Balaban J connectivity index is 3.73. The van der Waals surface area contributed by atoms with Crippen LogP contribution in [0, 0.1) is 16.0 Å². The summed E-state index contributed by atoms with van der Waals surface area (Å²) in [5.74, 6) is -6.47. The van der Waals surface area contributed by atoms with Crippen LogP contribution < -0.4 is 0 Å². The molecule has 1 aliphatic carbocycles. The molecule has 15 nitrogen and oxygen atoms in total. The smallest absolute Gasteiger partial charge is 0.303 e. The molecule has 1 fully saturated rings. The minimum absolute atomic E-state index is 0.0636. The number of carbonyl (C=O) groups is 6. The van der Waals surface area contributed by atoms with Crippen LogP contribution >= 0.6 is 0 Å². The Morgan fingerprint density at radius 2 is 1.26 bits per heavy atom. The van der Waals surface area contributed by atoms with Crippen molar-refractivity contribution in [3.8, 4) is 0 Å². The van der Waals surface area contributed by atoms with Crippen molar-refractivity contribution in [2.24, 2.45) is 5.92 Å². The molecule has 38 heavy (non-hydrogen) atoms. The minimum atomic E-state index is -1.76. The quantitative estimate of drug-likeness (QED) is 0.143. The molecule has 0 spiro atoms. The van der Waals surface area contributed by atoms with E-state index in [4.69, 9.17) is 28.4 Å². The van der Waals surface area contributed by atoms with Gasteiger partial charge in [-0.05, 0) is 19.3 Å². The molecule has 0 unspecified atom stereocenters. The van der Waals surface area contributed by atoms with E-state index in [0.29, 0.717) is 6.42 Å². The molecule has 0 radical (unpaired) electrons. The van der Waals surface area contributed by atoms with E-state index < -0.39 is 89.8 Å². The second-order valence-corrected chi connectivity index (χ2v) is 8.69. The van der Waals surface area contributed by atoms with Crippen molar-refractivity contribution in [3.05, 3.63) is 10.1 Å². The van der Waals surface area contributed by atoms with Crippen LogP contribution in [0.2, 0.25) is 0 Å². The van der Waals surface area contributed by atoms with Gasteiger partial charge < -0.3 is 28.4 Å². The number of hydrogen-bond donors (Lipinski definition) is 0. The van der Waals surface area contributed by atoms with Gasteiger partial charge in [0.25, 0.3) is 6.04 Å². The first-order valence-corrected chi connectivity index (χ1v) is 11.8. The van der Waals surface area contributed by atoms with Gasteiger partial charge in [0.15, 0.2) is 30.5 Å². The van der Waals surface area contributed by atoms with E-state index in [0.717, 1.165) is 41.5 Å². The highest BCUT2D eigenvalue weighted by Crippen LogP contribution is 2.36. The van der Waals surface area contributed by atoms with Gasteiger partial charge in [-0.15, -0.1) is 0 Å². The number of carbonyl (C=O) groups excluding carboxylic acids is 6. The molecule has 0 bridgehead atoms. The van der Waals surface area contributed by atoms with Crippen LogP contribution in [0.1, 0.15) is 60.8 Å². The van der Waals surface area contributed by atoms with Crippen LogP contribution in [-0.2, 0) is 57.2 Å². The van der Waals surface area contributed by atoms with E-state index in [1.807, 2.05) is 0 Å². The van der Waals surface area contributed by atoms with E-state index in [1.54, 1.807) is 0 Å². The van der Waals surface area contributed by atoms with Crippen LogP contribution in [-0.4, -0.2) is 83.9 Å². The Morgan fingerprint density at radius 1 is 0.737 bits per heavy atom. The molecular formula is C23H33NO14. The summed E-state index contributed by atoms with van der Waals surface area (Å²) >= 11 is 0. The molecule has 214 valence electrons. The molecule has 0 aromatic carbocycles. The minimum Gasteiger partial charge on any atom is -0.462 e. The van der Waals surface area contributed by atoms with Crippen molar-refractivity contribution in [3.63, 3.8) is 0 Å². The number of esters is 6. The van der Waals surface area contributed by atoms with Crippen LogP contribution in [0.15, 0.2) is 0 Å². The summed E-state index contributed by atoms with van der Waals surface area (Å²) in [7, 11) is 0. The average molecular weight is 548 g/mol. The number of ether oxygens (including phenoxy) is 6. The van der Waals surface area contributed by atoms with Crippen LogP contribution in [0.3, 0.4) is 0 Å². The van der Waals surface area contributed by atoms with Gasteiger partial charge in [0.2, 0.25) is 0 Å². The summed E-state index contributed by atoms with van der Waals surface area (Å²) in [5.41, 5.74) is 0. The molecule has 1 rings (SSSR count). The highest BCUT2D eigenvalue weighted by molar-refractivity contribution is 5.69. The van der Waals surface area contributed by atoms with E-state index in [9.17, 15) is 38.9 Å². The second kappa shape index (κ2) is 14.8. The molecule has 1 saturated carbocycles. The lowest BCUT2D eigenvalue weighted by molar-refractivity contribution is -0.550. The summed E-state index contributed by atoms with van der Waals surface area (Å²) < 4.78 is 31.4. The third-order valence-corrected chi connectivity index (χ3v) is 5.52. The van der Waals surface area contributed by atoms with E-state index >= 15 is 0 Å². The van der Waals surface area contributed by atoms with Crippen molar-refractivity contribution in [2.45, 2.75) is 97.4 Å². The molecule has 0 aliphatic heterocycles. The van der Waals surface area contributed by atoms with Gasteiger partial charge in [-0.3, -0.25) is 38.9 Å². The van der Waals surface area contributed by atoms with Crippen molar-refractivity contribution in [2.75, 3.05) is 6.61 Å². The molecule has 0 N–H and O–H groups in total. The maximum atomic E-state index is 12.2. The lowest BCUT2D eigenvalue weighted by Gasteiger charge is -2.41. The molecule has 15 heteroatoms. The van der Waals surface area contributed by atoms with Crippen molar-refractivity contribution < 1.29 is 62.1 Å². The number of nitro groups is 1. The first-order chi connectivity index (χ1) is 17.6.